The van der Waals surface area contributed by atoms with Gasteiger partial charge in [0, 0.05) is 13.2 Å². The van der Waals surface area contributed by atoms with Crippen LogP contribution in [-0.4, -0.2) is 24.7 Å². The molecule has 3 N–H and O–H groups in total. The van der Waals surface area contributed by atoms with Gasteiger partial charge >= 0.3 is 0 Å². The maximum Gasteiger partial charge on any atom is 0.244 e. The normalized spacial score (nSPS) is 18.4. The number of hydrogen-bond acceptors (Lipinski definition) is 3. The third kappa shape index (κ3) is 2.52. The molecule has 1 aliphatic rings. The number of benzene rings is 1. The first-order valence-electron chi connectivity index (χ1n) is 5.96. The van der Waals surface area contributed by atoms with E-state index in [4.69, 9.17) is 10.5 Å². The van der Waals surface area contributed by atoms with Crippen molar-refractivity contribution in [2.24, 2.45) is 5.73 Å². The van der Waals surface area contributed by atoms with Gasteiger partial charge in [-0.25, -0.2) is 4.39 Å². The molecule has 4 nitrogen and oxygen atoms in total. The number of carbonyl (C=O) groups is 1. The number of nitrogens with one attached hydrogen (secondary N) is 1. The third-order valence-corrected chi connectivity index (χ3v) is 3.30. The smallest absolute Gasteiger partial charge is 0.244 e. The highest BCUT2D eigenvalue weighted by atomic mass is 19.1. The maximum absolute atomic E-state index is 13.6. The van der Waals surface area contributed by atoms with Crippen molar-refractivity contribution in [1.82, 2.24) is 0 Å². The Kier molecular flexibility index (Phi) is 3.63. The molecule has 1 aromatic rings. The number of amides is 1. The van der Waals surface area contributed by atoms with Crippen LogP contribution in [0.5, 0.6) is 0 Å². The molecule has 1 amide bonds. The number of ether oxygens (including phenoxy) is 1. The van der Waals surface area contributed by atoms with E-state index in [0.717, 1.165) is 0 Å². The lowest BCUT2D eigenvalue weighted by Gasteiger charge is -2.32. The molecular weight excluding hydrogens is 235 g/mol. The van der Waals surface area contributed by atoms with E-state index in [0.29, 0.717) is 31.6 Å². The van der Waals surface area contributed by atoms with Crippen LogP contribution in [0.2, 0.25) is 0 Å². The summed E-state index contributed by atoms with van der Waals surface area (Å²) in [6.07, 6.45) is 0.901. The first-order valence-corrected chi connectivity index (χ1v) is 5.96. The molecule has 2 rings (SSSR count). The quantitative estimate of drug-likeness (QED) is 0.840. The van der Waals surface area contributed by atoms with Crippen LogP contribution in [0, 0.1) is 12.7 Å². The van der Waals surface area contributed by atoms with Gasteiger partial charge in [0.25, 0.3) is 0 Å². The van der Waals surface area contributed by atoms with Gasteiger partial charge < -0.3 is 15.8 Å². The second-order valence-corrected chi connectivity index (χ2v) is 4.65. The predicted molar refractivity (Wildman–Crippen MR) is 66.7 cm³/mol. The number of halogens is 1. The Morgan fingerprint density at radius 2 is 2.11 bits per heavy atom. The summed E-state index contributed by atoms with van der Waals surface area (Å²) >= 11 is 0. The third-order valence-electron chi connectivity index (χ3n) is 3.30. The molecule has 0 unspecified atom stereocenters. The molecule has 0 atom stereocenters. The summed E-state index contributed by atoms with van der Waals surface area (Å²) in [5.41, 5.74) is 5.96. The minimum atomic E-state index is -0.965. The van der Waals surface area contributed by atoms with Crippen molar-refractivity contribution in [2.75, 3.05) is 18.5 Å². The molecule has 5 heteroatoms. The zero-order chi connectivity index (χ0) is 13.2. The Morgan fingerprint density at radius 1 is 1.44 bits per heavy atom. The molecule has 1 heterocycles. The summed E-state index contributed by atoms with van der Waals surface area (Å²) < 4.78 is 18.8. The van der Waals surface area contributed by atoms with Crippen molar-refractivity contribution in [1.29, 1.82) is 0 Å². The molecule has 0 spiro atoms. The Hall–Kier alpha value is -1.46. The molecule has 0 aromatic heterocycles. The topological polar surface area (TPSA) is 64.4 Å². The summed E-state index contributed by atoms with van der Waals surface area (Å²) in [5.74, 6) is -0.794. The van der Waals surface area contributed by atoms with Crippen molar-refractivity contribution >= 4 is 11.6 Å². The number of rotatable bonds is 2. The fraction of sp³-hybridized carbons (Fsp3) is 0.462. The lowest BCUT2D eigenvalue weighted by Crippen LogP contribution is -2.54. The lowest BCUT2D eigenvalue weighted by atomic mass is 9.90. The largest absolute Gasteiger partial charge is 0.381 e. The van der Waals surface area contributed by atoms with Gasteiger partial charge in [-0.2, -0.15) is 0 Å². The van der Waals surface area contributed by atoms with Crippen LogP contribution in [0.4, 0.5) is 10.1 Å². The van der Waals surface area contributed by atoms with E-state index in [-0.39, 0.29) is 11.6 Å². The molecule has 0 saturated carbocycles. The predicted octanol–water partition coefficient (Wildman–Crippen LogP) is 1.58. The average Bonchev–Trinajstić information content (AvgIpc) is 2.34. The van der Waals surface area contributed by atoms with E-state index < -0.39 is 11.4 Å². The van der Waals surface area contributed by atoms with E-state index in [1.807, 2.05) is 0 Å². The SMILES string of the molecule is Cc1cccc(F)c1NC(=O)C1(N)CCOCC1. The van der Waals surface area contributed by atoms with E-state index in [9.17, 15) is 9.18 Å². The number of hydrogen-bond donors (Lipinski definition) is 2. The second-order valence-electron chi connectivity index (χ2n) is 4.65. The molecule has 0 bridgehead atoms. The van der Waals surface area contributed by atoms with Gasteiger partial charge in [0.1, 0.15) is 11.4 Å². The first-order chi connectivity index (χ1) is 8.53. The maximum atomic E-state index is 13.6. The van der Waals surface area contributed by atoms with Gasteiger partial charge in [-0.05, 0) is 31.4 Å². The zero-order valence-corrected chi connectivity index (χ0v) is 10.3. The van der Waals surface area contributed by atoms with Crippen molar-refractivity contribution < 1.29 is 13.9 Å². The Morgan fingerprint density at radius 3 is 2.72 bits per heavy atom. The number of anilines is 1. The fourth-order valence-electron chi connectivity index (χ4n) is 1.99. The van der Waals surface area contributed by atoms with Crippen LogP contribution < -0.4 is 11.1 Å². The van der Waals surface area contributed by atoms with Gasteiger partial charge in [0.2, 0.25) is 5.91 Å². The van der Waals surface area contributed by atoms with Crippen LogP contribution in [0.25, 0.3) is 0 Å². The highest BCUT2D eigenvalue weighted by Crippen LogP contribution is 2.23. The Balaban J connectivity index is 2.16. The molecule has 0 radical (unpaired) electrons. The van der Waals surface area contributed by atoms with Gasteiger partial charge in [-0.1, -0.05) is 12.1 Å². The average molecular weight is 252 g/mol. The fourth-order valence-corrected chi connectivity index (χ4v) is 1.99. The first kappa shape index (κ1) is 13.0. The van der Waals surface area contributed by atoms with E-state index in [1.165, 1.54) is 6.07 Å². The highest BCUT2D eigenvalue weighted by Gasteiger charge is 2.36. The molecule has 98 valence electrons. The van der Waals surface area contributed by atoms with Gasteiger partial charge in [0.15, 0.2) is 0 Å². The number of nitrogens with two attached hydrogens (primary N) is 1. The zero-order valence-electron chi connectivity index (χ0n) is 10.3. The van der Waals surface area contributed by atoms with E-state index in [2.05, 4.69) is 5.32 Å². The summed E-state index contributed by atoms with van der Waals surface area (Å²) in [6.45, 7) is 2.66. The van der Waals surface area contributed by atoms with Crippen molar-refractivity contribution in [3.8, 4) is 0 Å². The van der Waals surface area contributed by atoms with Crippen molar-refractivity contribution in [2.45, 2.75) is 25.3 Å². The minimum absolute atomic E-state index is 0.207. The van der Waals surface area contributed by atoms with Crippen LogP contribution in [-0.2, 0) is 9.53 Å². The van der Waals surface area contributed by atoms with Gasteiger partial charge in [0.05, 0.1) is 5.69 Å². The number of carbonyl (C=O) groups excluding carboxylic acids is 1. The highest BCUT2D eigenvalue weighted by molar-refractivity contribution is 5.98. The van der Waals surface area contributed by atoms with Crippen molar-refractivity contribution in [3.05, 3.63) is 29.6 Å². The van der Waals surface area contributed by atoms with Crippen LogP contribution >= 0.6 is 0 Å². The second kappa shape index (κ2) is 5.04. The van der Waals surface area contributed by atoms with Crippen LogP contribution in [0.15, 0.2) is 18.2 Å². The molecule has 1 fully saturated rings. The summed E-state index contributed by atoms with van der Waals surface area (Å²) in [6, 6.07) is 4.66. The Labute approximate surface area is 105 Å². The van der Waals surface area contributed by atoms with Crippen molar-refractivity contribution in [3.63, 3.8) is 0 Å². The number of para-hydroxylation sites is 1. The van der Waals surface area contributed by atoms with Gasteiger partial charge in [-0.3, -0.25) is 4.79 Å². The van der Waals surface area contributed by atoms with Crippen LogP contribution in [0.1, 0.15) is 18.4 Å². The minimum Gasteiger partial charge on any atom is -0.381 e. The molecular formula is C13H17FN2O2. The molecule has 0 aliphatic carbocycles. The van der Waals surface area contributed by atoms with E-state index in [1.54, 1.807) is 19.1 Å². The molecule has 1 saturated heterocycles. The monoisotopic (exact) mass is 252 g/mol. The van der Waals surface area contributed by atoms with E-state index >= 15 is 0 Å². The van der Waals surface area contributed by atoms with Crippen LogP contribution in [0.3, 0.4) is 0 Å². The summed E-state index contributed by atoms with van der Waals surface area (Å²) in [4.78, 5) is 12.1. The molecule has 18 heavy (non-hydrogen) atoms. The lowest BCUT2D eigenvalue weighted by molar-refractivity contribution is -0.124. The molecule has 1 aliphatic heterocycles. The standard InChI is InChI=1S/C13H17FN2O2/c1-9-3-2-4-10(14)11(9)16-12(17)13(15)5-7-18-8-6-13/h2-4H,5-8,15H2,1H3,(H,16,17). The summed E-state index contributed by atoms with van der Waals surface area (Å²) in [5, 5.41) is 2.59. The summed E-state index contributed by atoms with van der Waals surface area (Å²) in [7, 11) is 0. The molecule has 1 aromatic carbocycles. The Bertz CT molecular complexity index is 436. The number of aryl methyl sites for hydroxylation is 1. The van der Waals surface area contributed by atoms with Gasteiger partial charge in [-0.15, -0.1) is 0 Å².